The molecule has 148 valence electrons. The van der Waals surface area contributed by atoms with E-state index in [0.29, 0.717) is 0 Å². The van der Waals surface area contributed by atoms with Gasteiger partial charge in [-0.25, -0.2) is 12.2 Å². The summed E-state index contributed by atoms with van der Waals surface area (Å²) in [5.74, 6) is 1.52. The van der Waals surface area contributed by atoms with E-state index in [-0.39, 0.29) is 24.8 Å². The molecule has 2 aliphatic rings. The molecule has 0 bridgehead atoms. The summed E-state index contributed by atoms with van der Waals surface area (Å²) < 4.78 is 1.60. The van der Waals surface area contributed by atoms with Crippen molar-refractivity contribution in [2.45, 2.75) is 40.5 Å². The van der Waals surface area contributed by atoms with Crippen molar-refractivity contribution in [3.8, 4) is 11.1 Å². The third-order valence-corrected chi connectivity index (χ3v) is 6.25. The standard InChI is InChI=1S/C13H9.C7H14.C5H5.2ClH.Ti/c1-3-7-12-10(5-1)9-11-6-2-4-8-13(11)12;1-6(2)5-7(3)4;1-2-4-5-3-1;;;/h1-5,7-8H,9H2;6-7H,1-4H3;1-3H,4H2;2*1H;/q-1;;-1;;;+2/p-2. The number of fused-ring (bicyclic) bond motifs is 3. The molecule has 0 aromatic heterocycles. The number of allylic oxidation sites excluding steroid dienone is 4. The van der Waals surface area contributed by atoms with Crippen molar-refractivity contribution in [3.63, 3.8) is 0 Å². The van der Waals surface area contributed by atoms with Crippen LogP contribution < -0.4 is 24.8 Å². The van der Waals surface area contributed by atoms with Gasteiger partial charge in [-0.2, -0.15) is 35.9 Å². The minimum absolute atomic E-state index is 0. The second-order valence-electron chi connectivity index (χ2n) is 7.16. The van der Waals surface area contributed by atoms with Gasteiger partial charge in [-0.3, -0.25) is 6.08 Å². The van der Waals surface area contributed by atoms with Gasteiger partial charge in [0.25, 0.3) is 0 Å². The third kappa shape index (κ3) is 8.22. The van der Waals surface area contributed by atoms with Crippen LogP contribution in [-0.2, 0) is 26.4 Å². The monoisotopic (exact) mass is 446 g/mol. The van der Waals surface area contributed by atoms with Crippen LogP contribution in [0.5, 0.6) is 0 Å². The van der Waals surface area contributed by atoms with Crippen LogP contribution in [0.25, 0.3) is 11.1 Å². The van der Waals surface area contributed by atoms with Crippen molar-refractivity contribution in [3.05, 3.63) is 84.0 Å². The van der Waals surface area contributed by atoms with E-state index in [1.54, 1.807) is 3.81 Å². The van der Waals surface area contributed by atoms with Crippen molar-refractivity contribution in [1.82, 2.24) is 0 Å². The fourth-order valence-corrected chi connectivity index (χ4v) is 3.00. The van der Waals surface area contributed by atoms with Gasteiger partial charge in [0.2, 0.25) is 0 Å². The summed E-state index contributed by atoms with van der Waals surface area (Å²) in [5, 5.41) is 0. The molecule has 0 aliphatic heterocycles. The van der Waals surface area contributed by atoms with E-state index in [4.69, 9.17) is 0 Å². The van der Waals surface area contributed by atoms with Crippen LogP contribution >= 0.6 is 0 Å². The van der Waals surface area contributed by atoms with Gasteiger partial charge in [0.15, 0.2) is 0 Å². The number of benzene rings is 2. The zero-order valence-corrected chi connectivity index (χ0v) is 20.2. The van der Waals surface area contributed by atoms with Gasteiger partial charge in [-0.15, -0.1) is 12.0 Å². The molecule has 0 saturated heterocycles. The minimum atomic E-state index is 0. The number of rotatable bonds is 2. The van der Waals surface area contributed by atoms with Crippen molar-refractivity contribution < 1.29 is 44.8 Å². The molecule has 0 heterocycles. The van der Waals surface area contributed by atoms with Crippen LogP contribution in [0.3, 0.4) is 0 Å². The van der Waals surface area contributed by atoms with Crippen molar-refractivity contribution in [2.75, 3.05) is 0 Å². The molecular weight excluding hydrogens is 419 g/mol. The van der Waals surface area contributed by atoms with Crippen LogP contribution in [0, 0.1) is 24.0 Å². The molecule has 0 nitrogen and oxygen atoms in total. The maximum atomic E-state index is 3.30. The predicted octanol–water partition coefficient (Wildman–Crippen LogP) is 0.389. The molecule has 0 unspecified atom stereocenters. The van der Waals surface area contributed by atoms with Crippen LogP contribution in [-0.4, -0.2) is 3.81 Å². The zero-order valence-electron chi connectivity index (χ0n) is 17.1. The van der Waals surface area contributed by atoms with E-state index in [1.807, 2.05) is 18.2 Å². The first kappa shape index (κ1) is 27.1. The molecular formula is C25H28Cl2Ti-2. The molecule has 4 rings (SSSR count). The van der Waals surface area contributed by atoms with Crippen LogP contribution in [0.1, 0.15) is 45.2 Å². The average molecular weight is 447 g/mol. The minimum Gasteiger partial charge on any atom is -1.00 e. The molecule has 2 aromatic rings. The zero-order chi connectivity index (χ0) is 18.9. The van der Waals surface area contributed by atoms with Crippen molar-refractivity contribution in [2.24, 2.45) is 11.8 Å². The van der Waals surface area contributed by atoms with E-state index >= 15 is 0 Å². The summed E-state index contributed by atoms with van der Waals surface area (Å²) in [7, 11) is 0. The van der Waals surface area contributed by atoms with Crippen molar-refractivity contribution >= 4 is 3.81 Å². The van der Waals surface area contributed by atoms with Crippen molar-refractivity contribution in [1.29, 1.82) is 0 Å². The van der Waals surface area contributed by atoms with E-state index in [2.05, 4.69) is 102 Å². The SMILES string of the molecule is CC(C)[C](=[Ti+2])C(C)C.[C-]1=CC=CC1.[Cl-].[Cl-].[c-]1cccc2c1Cc1ccccc1-2. The maximum Gasteiger partial charge on any atom is -0.0253 e. The molecule has 28 heavy (non-hydrogen) atoms. The molecule has 2 aromatic carbocycles. The third-order valence-electron chi connectivity index (χ3n) is 4.45. The van der Waals surface area contributed by atoms with Crippen LogP contribution in [0.2, 0.25) is 0 Å². The number of hydrogen-bond donors (Lipinski definition) is 0. The van der Waals surface area contributed by atoms with Gasteiger partial charge < -0.3 is 24.8 Å². The molecule has 0 spiro atoms. The Bertz CT molecular complexity index is 725. The Labute approximate surface area is 195 Å². The Morgan fingerprint density at radius 2 is 1.57 bits per heavy atom. The Morgan fingerprint density at radius 1 is 0.929 bits per heavy atom. The Kier molecular flexibility index (Phi) is 13.7. The summed E-state index contributed by atoms with van der Waals surface area (Å²) >= 11 is 2.23. The molecule has 0 saturated carbocycles. The molecule has 3 heteroatoms. The largest absolute Gasteiger partial charge is 1.00 e. The molecule has 0 atom stereocenters. The topological polar surface area (TPSA) is 0 Å². The Morgan fingerprint density at radius 3 is 2.07 bits per heavy atom. The summed E-state index contributed by atoms with van der Waals surface area (Å²) in [6, 6.07) is 18.1. The first-order valence-electron chi connectivity index (χ1n) is 9.38. The predicted molar refractivity (Wildman–Crippen MR) is 110 cm³/mol. The molecule has 0 N–H and O–H groups in total. The van der Waals surface area contributed by atoms with E-state index in [0.717, 1.165) is 24.7 Å². The quantitative estimate of drug-likeness (QED) is 0.394. The van der Waals surface area contributed by atoms with Gasteiger partial charge in [-0.05, 0) is 6.42 Å². The summed E-state index contributed by atoms with van der Waals surface area (Å²) in [6.07, 6.45) is 11.0. The van der Waals surface area contributed by atoms with Gasteiger partial charge in [-0.1, -0.05) is 35.4 Å². The summed E-state index contributed by atoms with van der Waals surface area (Å²) in [4.78, 5) is 0. The molecule has 0 radical (unpaired) electrons. The van der Waals surface area contributed by atoms with Crippen LogP contribution in [0.15, 0.2) is 60.7 Å². The molecule has 0 amide bonds. The first-order chi connectivity index (χ1) is 12.5. The fourth-order valence-electron chi connectivity index (χ4n) is 3.00. The van der Waals surface area contributed by atoms with Gasteiger partial charge in [0, 0.05) is 0 Å². The Balaban J connectivity index is 0.000000423. The van der Waals surface area contributed by atoms with E-state index in [1.165, 1.54) is 22.3 Å². The summed E-state index contributed by atoms with van der Waals surface area (Å²) in [5.41, 5.74) is 5.51. The second-order valence-corrected chi connectivity index (χ2v) is 8.07. The van der Waals surface area contributed by atoms with E-state index in [9.17, 15) is 0 Å². The second kappa shape index (κ2) is 14.1. The maximum absolute atomic E-state index is 3.30. The van der Waals surface area contributed by atoms with Gasteiger partial charge in [0.1, 0.15) is 0 Å². The number of hydrogen-bond acceptors (Lipinski definition) is 0. The molecule has 0 fully saturated rings. The smallest absolute Gasteiger partial charge is 0.0253 e. The van der Waals surface area contributed by atoms with Gasteiger partial charge in [0.05, 0.1) is 0 Å². The van der Waals surface area contributed by atoms with Gasteiger partial charge >= 0.3 is 63.3 Å². The van der Waals surface area contributed by atoms with Crippen LogP contribution in [0.4, 0.5) is 0 Å². The average Bonchev–Trinajstić information content (AvgIpc) is 3.32. The molecule has 2 aliphatic carbocycles. The summed E-state index contributed by atoms with van der Waals surface area (Å²) in [6.45, 7) is 8.98. The fraction of sp³-hybridized carbons (Fsp3) is 0.320. The Hall–Kier alpha value is -0.916. The normalized spacial score (nSPS) is 12.0. The number of halogens is 2. The van der Waals surface area contributed by atoms with E-state index < -0.39 is 0 Å². The first-order valence-corrected chi connectivity index (χ1v) is 10.2.